The molecule has 0 saturated carbocycles. The lowest BCUT2D eigenvalue weighted by Crippen LogP contribution is -2.21. The van der Waals surface area contributed by atoms with E-state index in [1.54, 1.807) is 6.07 Å². The third-order valence-electron chi connectivity index (χ3n) is 4.71. The largest absolute Gasteiger partial charge is 0.504 e. The lowest BCUT2D eigenvalue weighted by atomic mass is 10.0. The molecule has 0 amide bonds. The van der Waals surface area contributed by atoms with Gasteiger partial charge in [0, 0.05) is 6.04 Å². The summed E-state index contributed by atoms with van der Waals surface area (Å²) in [5.41, 5.74) is 8.58. The van der Waals surface area contributed by atoms with Crippen LogP contribution in [0.1, 0.15) is 43.2 Å². The molecule has 0 aliphatic carbocycles. The molecule has 2 aromatic rings. The average Bonchev–Trinajstić information content (AvgIpc) is 2.65. The normalized spacial score (nSPS) is 12.2. The van der Waals surface area contributed by atoms with Crippen molar-refractivity contribution in [2.24, 2.45) is 5.73 Å². The standard InChI is InChI=1S/C22H32N2O2/c23-20(12-10-19-11-13-21(25)22(26)17-19)9-5-2-6-15-24-16-14-18-7-3-1-4-8-18/h1,3-4,7-8,11,13,17,20,24-26H,2,5-6,9-10,12,14-16,23H2. The van der Waals surface area contributed by atoms with Crippen molar-refractivity contribution in [3.05, 3.63) is 59.7 Å². The van der Waals surface area contributed by atoms with Gasteiger partial charge in [-0.15, -0.1) is 0 Å². The Morgan fingerprint density at radius 2 is 1.58 bits per heavy atom. The van der Waals surface area contributed by atoms with Crippen LogP contribution in [0.15, 0.2) is 48.5 Å². The number of nitrogens with two attached hydrogens (primary N) is 1. The van der Waals surface area contributed by atoms with Gasteiger partial charge in [-0.2, -0.15) is 0 Å². The Hall–Kier alpha value is -2.04. The second-order valence-corrected chi connectivity index (χ2v) is 6.96. The quantitative estimate of drug-likeness (QED) is 0.345. The number of benzene rings is 2. The van der Waals surface area contributed by atoms with Crippen molar-refractivity contribution in [3.63, 3.8) is 0 Å². The first-order valence-corrected chi connectivity index (χ1v) is 9.66. The summed E-state index contributed by atoms with van der Waals surface area (Å²) >= 11 is 0. The van der Waals surface area contributed by atoms with Crippen LogP contribution in [0.5, 0.6) is 11.5 Å². The van der Waals surface area contributed by atoms with E-state index in [-0.39, 0.29) is 17.5 Å². The second kappa shape index (κ2) is 11.6. The first-order valence-electron chi connectivity index (χ1n) is 9.66. The first-order chi connectivity index (χ1) is 12.6. The maximum Gasteiger partial charge on any atom is 0.157 e. The Balaban J connectivity index is 1.45. The molecule has 26 heavy (non-hydrogen) atoms. The molecule has 0 radical (unpaired) electrons. The van der Waals surface area contributed by atoms with Crippen molar-refractivity contribution in [2.75, 3.05) is 13.1 Å². The summed E-state index contributed by atoms with van der Waals surface area (Å²) in [6.45, 7) is 2.10. The smallest absolute Gasteiger partial charge is 0.157 e. The van der Waals surface area contributed by atoms with E-state index in [4.69, 9.17) is 5.73 Å². The number of phenols is 2. The molecular formula is C22H32N2O2. The van der Waals surface area contributed by atoms with E-state index in [0.29, 0.717) is 0 Å². The Morgan fingerprint density at radius 3 is 2.35 bits per heavy atom. The van der Waals surface area contributed by atoms with Crippen LogP contribution < -0.4 is 11.1 Å². The molecule has 0 bridgehead atoms. The van der Waals surface area contributed by atoms with Crippen molar-refractivity contribution in [3.8, 4) is 11.5 Å². The van der Waals surface area contributed by atoms with E-state index in [9.17, 15) is 10.2 Å². The summed E-state index contributed by atoms with van der Waals surface area (Å²) in [6.07, 6.45) is 7.39. The van der Waals surface area contributed by atoms with E-state index in [1.165, 1.54) is 24.5 Å². The minimum Gasteiger partial charge on any atom is -0.504 e. The average molecular weight is 357 g/mol. The van der Waals surface area contributed by atoms with Crippen molar-refractivity contribution >= 4 is 0 Å². The SMILES string of the molecule is NC(CCCCCNCCc1ccccc1)CCc1ccc(O)c(O)c1. The molecule has 5 N–H and O–H groups in total. The monoisotopic (exact) mass is 356 g/mol. The predicted octanol–water partition coefficient (Wildman–Crippen LogP) is 3.75. The van der Waals surface area contributed by atoms with Crippen LogP contribution >= 0.6 is 0 Å². The predicted molar refractivity (Wildman–Crippen MR) is 108 cm³/mol. The summed E-state index contributed by atoms with van der Waals surface area (Å²) in [5, 5.41) is 22.3. The van der Waals surface area contributed by atoms with Gasteiger partial charge in [0.1, 0.15) is 0 Å². The lowest BCUT2D eigenvalue weighted by Gasteiger charge is -2.12. The van der Waals surface area contributed by atoms with Gasteiger partial charge in [-0.25, -0.2) is 0 Å². The van der Waals surface area contributed by atoms with E-state index in [1.807, 2.05) is 6.07 Å². The highest BCUT2D eigenvalue weighted by molar-refractivity contribution is 5.40. The van der Waals surface area contributed by atoms with E-state index >= 15 is 0 Å². The zero-order chi connectivity index (χ0) is 18.6. The molecule has 0 fully saturated rings. The number of nitrogens with one attached hydrogen (secondary N) is 1. The van der Waals surface area contributed by atoms with Gasteiger partial charge >= 0.3 is 0 Å². The van der Waals surface area contributed by atoms with Crippen LogP contribution in [0.3, 0.4) is 0 Å². The highest BCUT2D eigenvalue weighted by Crippen LogP contribution is 2.25. The first kappa shape index (κ1) is 20.3. The third kappa shape index (κ3) is 7.89. The van der Waals surface area contributed by atoms with Crippen LogP contribution in [0, 0.1) is 0 Å². The maximum absolute atomic E-state index is 9.50. The molecular weight excluding hydrogens is 324 g/mol. The molecule has 4 nitrogen and oxygen atoms in total. The summed E-state index contributed by atoms with van der Waals surface area (Å²) in [6, 6.07) is 15.7. The molecule has 1 unspecified atom stereocenters. The van der Waals surface area contributed by atoms with Gasteiger partial charge in [-0.3, -0.25) is 0 Å². The lowest BCUT2D eigenvalue weighted by molar-refractivity contribution is 0.403. The van der Waals surface area contributed by atoms with Gasteiger partial charge in [-0.1, -0.05) is 49.2 Å². The van der Waals surface area contributed by atoms with Gasteiger partial charge in [0.25, 0.3) is 0 Å². The molecule has 0 aliphatic rings. The molecule has 142 valence electrons. The van der Waals surface area contributed by atoms with Crippen molar-refractivity contribution in [2.45, 2.75) is 51.0 Å². The van der Waals surface area contributed by atoms with Crippen LogP contribution in [0.4, 0.5) is 0 Å². The fourth-order valence-corrected chi connectivity index (χ4v) is 3.06. The zero-order valence-electron chi connectivity index (χ0n) is 15.5. The van der Waals surface area contributed by atoms with E-state index in [0.717, 1.165) is 50.8 Å². The van der Waals surface area contributed by atoms with E-state index in [2.05, 4.69) is 35.6 Å². The van der Waals surface area contributed by atoms with Crippen LogP contribution in [0.2, 0.25) is 0 Å². The Labute approximate surface area is 157 Å². The number of hydrogen-bond donors (Lipinski definition) is 4. The van der Waals surface area contributed by atoms with Crippen molar-refractivity contribution < 1.29 is 10.2 Å². The Bertz CT molecular complexity index is 631. The fourth-order valence-electron chi connectivity index (χ4n) is 3.06. The Kier molecular flexibility index (Phi) is 9.01. The topological polar surface area (TPSA) is 78.5 Å². The molecule has 2 rings (SSSR count). The summed E-state index contributed by atoms with van der Waals surface area (Å²) in [4.78, 5) is 0. The number of aryl methyl sites for hydroxylation is 1. The summed E-state index contributed by atoms with van der Waals surface area (Å²) < 4.78 is 0. The summed E-state index contributed by atoms with van der Waals surface area (Å²) in [5.74, 6) is -0.133. The van der Waals surface area contributed by atoms with Gasteiger partial charge in [0.15, 0.2) is 11.5 Å². The van der Waals surface area contributed by atoms with Gasteiger partial charge in [0.2, 0.25) is 0 Å². The number of phenolic OH excluding ortho intramolecular Hbond substituents is 2. The molecule has 0 spiro atoms. The molecule has 0 aliphatic heterocycles. The maximum atomic E-state index is 9.50. The molecule has 2 aromatic carbocycles. The molecule has 0 aromatic heterocycles. The highest BCUT2D eigenvalue weighted by atomic mass is 16.3. The molecule has 0 heterocycles. The Morgan fingerprint density at radius 1 is 0.769 bits per heavy atom. The summed E-state index contributed by atoms with van der Waals surface area (Å²) in [7, 11) is 0. The second-order valence-electron chi connectivity index (χ2n) is 6.96. The van der Waals surface area contributed by atoms with Gasteiger partial charge < -0.3 is 21.3 Å². The molecule has 4 heteroatoms. The minimum absolute atomic E-state index is 0.0594. The van der Waals surface area contributed by atoms with Crippen LogP contribution in [0.25, 0.3) is 0 Å². The number of hydrogen-bond acceptors (Lipinski definition) is 4. The molecule has 1 atom stereocenters. The zero-order valence-corrected chi connectivity index (χ0v) is 15.5. The number of rotatable bonds is 12. The minimum atomic E-state index is -0.0737. The number of aromatic hydroxyl groups is 2. The fraction of sp³-hybridized carbons (Fsp3) is 0.455. The van der Waals surface area contributed by atoms with Crippen LogP contribution in [-0.2, 0) is 12.8 Å². The highest BCUT2D eigenvalue weighted by Gasteiger charge is 2.05. The van der Waals surface area contributed by atoms with Crippen LogP contribution in [-0.4, -0.2) is 29.3 Å². The van der Waals surface area contributed by atoms with Crippen molar-refractivity contribution in [1.82, 2.24) is 5.32 Å². The van der Waals surface area contributed by atoms with Gasteiger partial charge in [0.05, 0.1) is 0 Å². The van der Waals surface area contributed by atoms with Gasteiger partial charge in [-0.05, 0) is 68.5 Å². The number of unbranched alkanes of at least 4 members (excludes halogenated alkanes) is 2. The molecule has 0 saturated heterocycles. The van der Waals surface area contributed by atoms with Crippen molar-refractivity contribution in [1.29, 1.82) is 0 Å². The van der Waals surface area contributed by atoms with E-state index < -0.39 is 0 Å². The third-order valence-corrected chi connectivity index (χ3v) is 4.71.